The molecule has 4 aromatic carbocycles. The van der Waals surface area contributed by atoms with E-state index in [4.69, 9.17) is 11.6 Å². The van der Waals surface area contributed by atoms with E-state index in [1.165, 1.54) is 23.1 Å². The lowest BCUT2D eigenvalue weighted by atomic mass is 10.0. The van der Waals surface area contributed by atoms with Crippen molar-refractivity contribution < 1.29 is 18.0 Å². The number of hydrogen-bond donors (Lipinski definition) is 1. The fourth-order valence-electron chi connectivity index (χ4n) is 5.01. The largest absolute Gasteiger partial charge is 0.350 e. The Bertz CT molecular complexity index is 1740. The van der Waals surface area contributed by atoms with Gasteiger partial charge in [0.25, 0.3) is 10.0 Å². The molecule has 0 aliphatic heterocycles. The molecular weight excluding hydrogens is 606 g/mol. The molecule has 1 atom stereocenters. The molecule has 0 heterocycles. The van der Waals surface area contributed by atoms with Gasteiger partial charge in [0, 0.05) is 23.5 Å². The molecule has 0 spiro atoms. The van der Waals surface area contributed by atoms with Gasteiger partial charge in [0.15, 0.2) is 0 Å². The van der Waals surface area contributed by atoms with Crippen LogP contribution >= 0.6 is 11.6 Å². The normalized spacial score (nSPS) is 12.3. The number of hydrogen-bond acceptors (Lipinski definition) is 4. The SMILES string of the molecule is Cc1ccc(S(=O)(=O)N(CC(=O)N(Cc2cccc(C)c2)C(Cc2ccccc2)C(=O)NC(C)(C)C)c2cccc(Cl)c2)cc1. The zero-order chi connectivity index (χ0) is 32.8. The number of amides is 2. The third kappa shape index (κ3) is 9.19. The van der Waals surface area contributed by atoms with Gasteiger partial charge in [-0.3, -0.25) is 13.9 Å². The molecule has 0 aromatic heterocycles. The second-order valence-electron chi connectivity index (χ2n) is 12.3. The standard InChI is InChI=1S/C36H40ClN3O4S/c1-26-17-19-32(20-18-26)45(43,44)40(31-16-10-15-30(37)23-31)25-34(41)39(24-29-14-9-11-27(2)21-29)33(35(42)38-36(3,4)5)22-28-12-7-6-8-13-28/h6-21,23,33H,22,24-25H2,1-5H3,(H,38,42). The van der Waals surface area contributed by atoms with Crippen LogP contribution in [0, 0.1) is 13.8 Å². The maximum absolute atomic E-state index is 14.5. The molecule has 0 saturated carbocycles. The molecule has 0 saturated heterocycles. The molecule has 45 heavy (non-hydrogen) atoms. The van der Waals surface area contributed by atoms with Crippen LogP contribution in [-0.2, 0) is 32.6 Å². The van der Waals surface area contributed by atoms with Gasteiger partial charge in [-0.1, -0.05) is 95.5 Å². The quantitative estimate of drug-likeness (QED) is 0.197. The number of anilines is 1. The van der Waals surface area contributed by atoms with Crippen molar-refractivity contribution in [2.75, 3.05) is 10.8 Å². The maximum atomic E-state index is 14.5. The van der Waals surface area contributed by atoms with Crippen molar-refractivity contribution >= 4 is 39.1 Å². The van der Waals surface area contributed by atoms with Crippen molar-refractivity contribution in [2.24, 2.45) is 0 Å². The van der Waals surface area contributed by atoms with E-state index in [0.717, 1.165) is 26.6 Å². The van der Waals surface area contributed by atoms with Gasteiger partial charge in [0.2, 0.25) is 11.8 Å². The predicted molar refractivity (Wildman–Crippen MR) is 181 cm³/mol. The van der Waals surface area contributed by atoms with Crippen LogP contribution in [0.1, 0.15) is 43.0 Å². The van der Waals surface area contributed by atoms with Crippen LogP contribution in [0.15, 0.2) is 108 Å². The summed E-state index contributed by atoms with van der Waals surface area (Å²) in [6.45, 7) is 9.02. The Labute approximate surface area is 271 Å². The first kappa shape index (κ1) is 33.7. The van der Waals surface area contributed by atoms with E-state index in [9.17, 15) is 18.0 Å². The molecule has 0 radical (unpaired) electrons. The van der Waals surface area contributed by atoms with E-state index in [-0.39, 0.29) is 29.5 Å². The Hall–Kier alpha value is -4.14. The molecule has 0 bridgehead atoms. The molecule has 1 unspecified atom stereocenters. The fraction of sp³-hybridized carbons (Fsp3) is 0.278. The molecule has 2 amide bonds. The minimum atomic E-state index is -4.20. The van der Waals surface area contributed by atoms with Crippen LogP contribution in [0.5, 0.6) is 0 Å². The van der Waals surface area contributed by atoms with E-state index >= 15 is 0 Å². The maximum Gasteiger partial charge on any atom is 0.264 e. The summed E-state index contributed by atoms with van der Waals surface area (Å²) in [6, 6.07) is 29.1. The summed E-state index contributed by atoms with van der Waals surface area (Å²) in [4.78, 5) is 30.0. The molecule has 7 nitrogen and oxygen atoms in total. The lowest BCUT2D eigenvalue weighted by Gasteiger charge is -2.35. The first-order valence-electron chi connectivity index (χ1n) is 14.8. The van der Waals surface area contributed by atoms with E-state index in [0.29, 0.717) is 5.02 Å². The number of aryl methyl sites for hydroxylation is 2. The molecule has 0 aliphatic rings. The predicted octanol–water partition coefficient (Wildman–Crippen LogP) is 6.71. The summed E-state index contributed by atoms with van der Waals surface area (Å²) < 4.78 is 29.3. The minimum absolute atomic E-state index is 0.0393. The van der Waals surface area contributed by atoms with Crippen molar-refractivity contribution in [1.82, 2.24) is 10.2 Å². The van der Waals surface area contributed by atoms with Crippen LogP contribution in [-0.4, -0.2) is 43.3 Å². The Morgan fingerprint density at radius 1 is 0.800 bits per heavy atom. The number of nitrogens with one attached hydrogen (secondary N) is 1. The second kappa shape index (κ2) is 14.3. The number of carbonyl (C=O) groups excluding carboxylic acids is 2. The van der Waals surface area contributed by atoms with Crippen LogP contribution < -0.4 is 9.62 Å². The van der Waals surface area contributed by atoms with Gasteiger partial charge in [-0.25, -0.2) is 8.42 Å². The van der Waals surface area contributed by atoms with Crippen LogP contribution in [0.2, 0.25) is 5.02 Å². The van der Waals surface area contributed by atoms with E-state index in [1.807, 2.05) is 89.2 Å². The van der Waals surface area contributed by atoms with E-state index in [2.05, 4.69) is 5.32 Å². The van der Waals surface area contributed by atoms with E-state index < -0.39 is 34.1 Å². The number of sulfonamides is 1. The lowest BCUT2D eigenvalue weighted by molar-refractivity contribution is -0.140. The van der Waals surface area contributed by atoms with Gasteiger partial charge in [0.1, 0.15) is 12.6 Å². The summed E-state index contributed by atoms with van der Waals surface area (Å²) in [5.41, 5.74) is 3.27. The molecular formula is C36H40ClN3O4S. The number of halogens is 1. The third-order valence-electron chi connectivity index (χ3n) is 7.19. The average molecular weight is 646 g/mol. The summed E-state index contributed by atoms with van der Waals surface area (Å²) in [7, 11) is -4.20. The van der Waals surface area contributed by atoms with Crippen molar-refractivity contribution in [2.45, 2.75) is 64.1 Å². The minimum Gasteiger partial charge on any atom is -0.350 e. The monoisotopic (exact) mass is 645 g/mol. The highest BCUT2D eigenvalue weighted by Crippen LogP contribution is 2.27. The molecule has 4 rings (SSSR count). The Balaban J connectivity index is 1.82. The highest BCUT2D eigenvalue weighted by Gasteiger charge is 2.35. The Kier molecular flexibility index (Phi) is 10.7. The molecule has 0 fully saturated rings. The van der Waals surface area contributed by atoms with Gasteiger partial charge >= 0.3 is 0 Å². The fourth-order valence-corrected chi connectivity index (χ4v) is 6.60. The highest BCUT2D eigenvalue weighted by molar-refractivity contribution is 7.92. The average Bonchev–Trinajstić information content (AvgIpc) is 2.97. The molecule has 0 aliphatic carbocycles. The number of carbonyl (C=O) groups is 2. The van der Waals surface area contributed by atoms with E-state index in [1.54, 1.807) is 30.3 Å². The number of nitrogens with zero attached hydrogens (tertiary/aromatic N) is 2. The third-order valence-corrected chi connectivity index (χ3v) is 9.21. The van der Waals surface area contributed by atoms with Crippen LogP contribution in [0.25, 0.3) is 0 Å². The number of rotatable bonds is 11. The van der Waals surface area contributed by atoms with Crippen molar-refractivity contribution in [3.8, 4) is 0 Å². The summed E-state index contributed by atoms with van der Waals surface area (Å²) in [5, 5.41) is 3.37. The van der Waals surface area contributed by atoms with Gasteiger partial charge in [-0.05, 0) is 76.1 Å². The van der Waals surface area contributed by atoms with Crippen LogP contribution in [0.4, 0.5) is 5.69 Å². The second-order valence-corrected chi connectivity index (χ2v) is 14.6. The first-order valence-corrected chi connectivity index (χ1v) is 16.6. The Morgan fingerprint density at radius 3 is 2.07 bits per heavy atom. The smallest absolute Gasteiger partial charge is 0.264 e. The summed E-state index contributed by atoms with van der Waals surface area (Å²) >= 11 is 6.30. The highest BCUT2D eigenvalue weighted by atomic mass is 35.5. The molecule has 4 aromatic rings. The van der Waals surface area contributed by atoms with Crippen molar-refractivity contribution in [1.29, 1.82) is 0 Å². The molecule has 236 valence electrons. The van der Waals surface area contributed by atoms with Gasteiger partial charge in [-0.2, -0.15) is 0 Å². The summed E-state index contributed by atoms with van der Waals surface area (Å²) in [5.74, 6) is -0.861. The Morgan fingerprint density at radius 2 is 1.44 bits per heavy atom. The molecule has 9 heteroatoms. The van der Waals surface area contributed by atoms with Gasteiger partial charge < -0.3 is 10.2 Å². The zero-order valence-corrected chi connectivity index (χ0v) is 27.9. The van der Waals surface area contributed by atoms with Crippen molar-refractivity contribution in [3.05, 3.63) is 130 Å². The zero-order valence-electron chi connectivity index (χ0n) is 26.3. The molecule has 1 N–H and O–H groups in total. The first-order chi connectivity index (χ1) is 21.2. The topological polar surface area (TPSA) is 86.8 Å². The van der Waals surface area contributed by atoms with Gasteiger partial charge in [0.05, 0.1) is 10.6 Å². The van der Waals surface area contributed by atoms with Crippen LogP contribution in [0.3, 0.4) is 0 Å². The van der Waals surface area contributed by atoms with Gasteiger partial charge in [-0.15, -0.1) is 0 Å². The van der Waals surface area contributed by atoms with Crippen molar-refractivity contribution in [3.63, 3.8) is 0 Å². The summed E-state index contributed by atoms with van der Waals surface area (Å²) in [6.07, 6.45) is 0.238. The lowest BCUT2D eigenvalue weighted by Crippen LogP contribution is -2.56. The number of benzene rings is 4.